The highest BCUT2D eigenvalue weighted by Crippen LogP contribution is 2.28. The van der Waals surface area contributed by atoms with Crippen LogP contribution in [0.4, 0.5) is 5.82 Å². The molecule has 2 heterocycles. The van der Waals surface area contributed by atoms with E-state index in [0.717, 1.165) is 16.7 Å². The van der Waals surface area contributed by atoms with E-state index in [1.807, 2.05) is 13.1 Å². The van der Waals surface area contributed by atoms with Gasteiger partial charge in [-0.2, -0.15) is 0 Å². The minimum atomic E-state index is 0.570. The third kappa shape index (κ3) is 3.17. The first-order valence-electron chi connectivity index (χ1n) is 5.14. The summed E-state index contributed by atoms with van der Waals surface area (Å²) in [6, 6.07) is 4.14. The first kappa shape index (κ1) is 12.3. The van der Waals surface area contributed by atoms with E-state index in [1.165, 1.54) is 11.2 Å². The monoisotopic (exact) mass is 313 g/mol. The van der Waals surface area contributed by atoms with E-state index in [-0.39, 0.29) is 0 Å². The molecule has 1 N–H and O–H groups in total. The third-order valence-electron chi connectivity index (χ3n) is 2.16. The molecule has 0 atom stereocenters. The van der Waals surface area contributed by atoms with Crippen molar-refractivity contribution < 1.29 is 4.74 Å². The molecule has 0 bridgehead atoms. The van der Waals surface area contributed by atoms with Crippen LogP contribution in [0.3, 0.4) is 0 Å². The molecule has 0 aliphatic carbocycles. The minimum Gasteiger partial charge on any atom is -0.476 e. The van der Waals surface area contributed by atoms with Gasteiger partial charge in [0.25, 0.3) is 0 Å². The number of aromatic nitrogens is 2. The van der Waals surface area contributed by atoms with Crippen molar-refractivity contribution in [1.29, 1.82) is 0 Å². The number of ether oxygens (including phenoxy) is 1. The van der Waals surface area contributed by atoms with Crippen molar-refractivity contribution in [2.24, 2.45) is 0 Å². The quantitative estimate of drug-likeness (QED) is 0.922. The number of thiophene rings is 1. The molecular weight excluding hydrogens is 302 g/mol. The Kier molecular flexibility index (Phi) is 4.33. The first-order valence-corrected chi connectivity index (χ1v) is 6.82. The van der Waals surface area contributed by atoms with Gasteiger partial charge in [0.1, 0.15) is 16.6 Å². The van der Waals surface area contributed by atoms with Gasteiger partial charge in [-0.05, 0) is 27.4 Å². The van der Waals surface area contributed by atoms with E-state index < -0.39 is 0 Å². The third-order valence-corrected chi connectivity index (χ3v) is 3.81. The molecule has 0 spiro atoms. The van der Waals surface area contributed by atoms with Crippen LogP contribution < -0.4 is 10.1 Å². The molecule has 0 aromatic carbocycles. The van der Waals surface area contributed by atoms with E-state index in [0.29, 0.717) is 12.5 Å². The van der Waals surface area contributed by atoms with Crippen LogP contribution in [0.1, 0.15) is 4.88 Å². The molecule has 2 aromatic heterocycles. The molecule has 0 aliphatic heterocycles. The van der Waals surface area contributed by atoms with Gasteiger partial charge in [-0.15, -0.1) is 11.3 Å². The standard InChI is InChI=1S/C11H12BrN3OS/c1-13-10-9(12)11(15-7-14-10)16-5-4-8-3-2-6-17-8/h2-3,6-7H,4-5H2,1H3,(H,13,14,15). The van der Waals surface area contributed by atoms with Gasteiger partial charge in [0.05, 0.1) is 6.61 Å². The minimum absolute atomic E-state index is 0.570. The topological polar surface area (TPSA) is 47.0 Å². The molecule has 6 heteroatoms. The van der Waals surface area contributed by atoms with Gasteiger partial charge in [0, 0.05) is 18.3 Å². The second kappa shape index (κ2) is 5.97. The second-order valence-electron chi connectivity index (χ2n) is 3.27. The van der Waals surface area contributed by atoms with Crippen molar-refractivity contribution >= 4 is 33.1 Å². The number of rotatable bonds is 5. The zero-order chi connectivity index (χ0) is 12.1. The average molecular weight is 314 g/mol. The lowest BCUT2D eigenvalue weighted by Gasteiger charge is -2.08. The highest BCUT2D eigenvalue weighted by Gasteiger charge is 2.08. The number of anilines is 1. The summed E-state index contributed by atoms with van der Waals surface area (Å²) in [7, 11) is 1.81. The first-order chi connectivity index (χ1) is 8.31. The maximum Gasteiger partial charge on any atom is 0.233 e. The molecule has 0 saturated heterocycles. The molecule has 0 saturated carbocycles. The Morgan fingerprint density at radius 1 is 1.47 bits per heavy atom. The van der Waals surface area contributed by atoms with E-state index in [9.17, 15) is 0 Å². The Morgan fingerprint density at radius 3 is 3.06 bits per heavy atom. The summed E-state index contributed by atoms with van der Waals surface area (Å²) in [5, 5.41) is 5.03. The van der Waals surface area contributed by atoms with Crippen LogP contribution in [0.2, 0.25) is 0 Å². The lowest BCUT2D eigenvalue weighted by atomic mass is 10.4. The van der Waals surface area contributed by atoms with Crippen LogP contribution in [0, 0.1) is 0 Å². The molecule has 2 rings (SSSR count). The Bertz CT molecular complexity index is 476. The van der Waals surface area contributed by atoms with Gasteiger partial charge in [-0.3, -0.25) is 0 Å². The predicted octanol–water partition coefficient (Wildman–Crippen LogP) is 2.96. The zero-order valence-corrected chi connectivity index (χ0v) is 11.7. The van der Waals surface area contributed by atoms with Crippen molar-refractivity contribution in [2.45, 2.75) is 6.42 Å². The number of nitrogens with one attached hydrogen (secondary N) is 1. The summed E-state index contributed by atoms with van der Waals surface area (Å²) >= 11 is 5.14. The molecule has 0 radical (unpaired) electrons. The Morgan fingerprint density at radius 2 is 2.35 bits per heavy atom. The number of hydrogen-bond acceptors (Lipinski definition) is 5. The number of halogens is 1. The molecule has 0 amide bonds. The Balaban J connectivity index is 1.95. The van der Waals surface area contributed by atoms with Crippen LogP contribution in [0.5, 0.6) is 5.88 Å². The average Bonchev–Trinajstić information content (AvgIpc) is 2.84. The number of nitrogens with zero attached hydrogens (tertiary/aromatic N) is 2. The van der Waals surface area contributed by atoms with Gasteiger partial charge in [-0.25, -0.2) is 9.97 Å². The van der Waals surface area contributed by atoms with Crippen LogP contribution in [-0.4, -0.2) is 23.6 Å². The molecule has 4 nitrogen and oxygen atoms in total. The zero-order valence-electron chi connectivity index (χ0n) is 9.31. The summed E-state index contributed by atoms with van der Waals surface area (Å²) < 4.78 is 6.38. The number of hydrogen-bond donors (Lipinski definition) is 1. The fraction of sp³-hybridized carbons (Fsp3) is 0.273. The maximum absolute atomic E-state index is 5.62. The molecule has 90 valence electrons. The van der Waals surface area contributed by atoms with Gasteiger partial charge in [0.2, 0.25) is 5.88 Å². The van der Waals surface area contributed by atoms with Gasteiger partial charge < -0.3 is 10.1 Å². The SMILES string of the molecule is CNc1ncnc(OCCc2cccs2)c1Br. The normalized spacial score (nSPS) is 10.2. The van der Waals surface area contributed by atoms with Crippen molar-refractivity contribution in [1.82, 2.24) is 9.97 Å². The van der Waals surface area contributed by atoms with Crippen molar-refractivity contribution in [3.8, 4) is 5.88 Å². The van der Waals surface area contributed by atoms with E-state index in [1.54, 1.807) is 11.3 Å². The fourth-order valence-electron chi connectivity index (χ4n) is 1.33. The molecule has 2 aromatic rings. The van der Waals surface area contributed by atoms with Crippen molar-refractivity contribution in [3.05, 3.63) is 33.2 Å². The summed E-state index contributed by atoms with van der Waals surface area (Å²) in [5.74, 6) is 1.30. The van der Waals surface area contributed by atoms with E-state index in [4.69, 9.17) is 4.74 Å². The summed E-state index contributed by atoms with van der Waals surface area (Å²) in [5.41, 5.74) is 0. The maximum atomic E-state index is 5.62. The predicted molar refractivity (Wildman–Crippen MR) is 72.8 cm³/mol. The highest BCUT2D eigenvalue weighted by atomic mass is 79.9. The van der Waals surface area contributed by atoms with Crippen LogP contribution in [0.15, 0.2) is 28.3 Å². The smallest absolute Gasteiger partial charge is 0.233 e. The van der Waals surface area contributed by atoms with Gasteiger partial charge >= 0.3 is 0 Å². The van der Waals surface area contributed by atoms with E-state index in [2.05, 4.69) is 42.7 Å². The largest absolute Gasteiger partial charge is 0.476 e. The van der Waals surface area contributed by atoms with Crippen molar-refractivity contribution in [3.63, 3.8) is 0 Å². The molecular formula is C11H12BrN3OS. The molecule has 17 heavy (non-hydrogen) atoms. The van der Waals surface area contributed by atoms with Crippen LogP contribution >= 0.6 is 27.3 Å². The Hall–Kier alpha value is -1.14. The van der Waals surface area contributed by atoms with Crippen LogP contribution in [-0.2, 0) is 6.42 Å². The lowest BCUT2D eigenvalue weighted by molar-refractivity contribution is 0.308. The summed E-state index contributed by atoms with van der Waals surface area (Å²) in [4.78, 5) is 9.47. The van der Waals surface area contributed by atoms with E-state index >= 15 is 0 Å². The van der Waals surface area contributed by atoms with Crippen molar-refractivity contribution in [2.75, 3.05) is 19.0 Å². The van der Waals surface area contributed by atoms with Gasteiger partial charge in [0.15, 0.2) is 0 Å². The second-order valence-corrected chi connectivity index (χ2v) is 5.09. The molecule has 0 aliphatic rings. The fourth-order valence-corrected chi connectivity index (χ4v) is 2.54. The highest BCUT2D eigenvalue weighted by molar-refractivity contribution is 9.10. The van der Waals surface area contributed by atoms with Gasteiger partial charge in [-0.1, -0.05) is 6.07 Å². The van der Waals surface area contributed by atoms with Crippen LogP contribution in [0.25, 0.3) is 0 Å². The molecule has 0 unspecified atom stereocenters. The summed E-state index contributed by atoms with van der Waals surface area (Å²) in [6.07, 6.45) is 2.38. The Labute approximate surface area is 112 Å². The molecule has 0 fully saturated rings. The lowest BCUT2D eigenvalue weighted by Crippen LogP contribution is -2.04. The summed E-state index contributed by atoms with van der Waals surface area (Å²) in [6.45, 7) is 0.610.